The molecule has 1 amide bonds. The maximum Gasteiger partial charge on any atom is 0.252 e. The van der Waals surface area contributed by atoms with Gasteiger partial charge in [-0.1, -0.05) is 31.4 Å². The van der Waals surface area contributed by atoms with Gasteiger partial charge in [0.2, 0.25) is 0 Å². The molecular formula is C20H26N2O. The molecule has 1 saturated carbocycles. The highest BCUT2D eigenvalue weighted by Gasteiger charge is 2.24. The second-order valence-electron chi connectivity index (χ2n) is 7.13. The van der Waals surface area contributed by atoms with E-state index < -0.39 is 0 Å². The molecule has 3 heteroatoms. The van der Waals surface area contributed by atoms with Gasteiger partial charge in [0.05, 0.1) is 11.1 Å². The number of nitrogens with one attached hydrogen (secondary N) is 1. The van der Waals surface area contributed by atoms with Crippen LogP contribution < -0.4 is 5.32 Å². The Kier molecular flexibility index (Phi) is 4.38. The van der Waals surface area contributed by atoms with Gasteiger partial charge in [-0.3, -0.25) is 9.78 Å². The smallest absolute Gasteiger partial charge is 0.252 e. The predicted octanol–water partition coefficient (Wildman–Crippen LogP) is 4.47. The average Bonchev–Trinajstić information content (AvgIpc) is 2.49. The van der Waals surface area contributed by atoms with E-state index in [-0.39, 0.29) is 5.91 Å². The maximum atomic E-state index is 12.9. The molecule has 1 fully saturated rings. The fraction of sp³-hybridized carbons (Fsp3) is 0.500. The van der Waals surface area contributed by atoms with Crippen LogP contribution in [0.4, 0.5) is 0 Å². The lowest BCUT2D eigenvalue weighted by molar-refractivity contribution is 0.0912. The third-order valence-electron chi connectivity index (χ3n) is 5.05. The highest BCUT2D eigenvalue weighted by Crippen LogP contribution is 2.26. The molecule has 2 atom stereocenters. The number of fused-ring (bicyclic) bond motifs is 1. The van der Waals surface area contributed by atoms with Crippen LogP contribution in [0.2, 0.25) is 0 Å². The lowest BCUT2D eigenvalue weighted by Crippen LogP contribution is -2.41. The van der Waals surface area contributed by atoms with Gasteiger partial charge in [-0.2, -0.15) is 0 Å². The number of pyridine rings is 1. The number of rotatable bonds is 2. The Morgan fingerprint density at radius 1 is 1.13 bits per heavy atom. The number of hydrogen-bond donors (Lipinski definition) is 1. The zero-order valence-corrected chi connectivity index (χ0v) is 14.6. The van der Waals surface area contributed by atoms with E-state index in [1.807, 2.05) is 13.0 Å². The second-order valence-corrected chi connectivity index (χ2v) is 7.13. The summed E-state index contributed by atoms with van der Waals surface area (Å²) in [5.41, 5.74) is 4.89. The van der Waals surface area contributed by atoms with Gasteiger partial charge in [-0.15, -0.1) is 0 Å². The van der Waals surface area contributed by atoms with Crippen molar-refractivity contribution in [2.75, 3.05) is 0 Å². The zero-order chi connectivity index (χ0) is 16.6. The van der Waals surface area contributed by atoms with Crippen molar-refractivity contribution in [3.63, 3.8) is 0 Å². The summed E-state index contributed by atoms with van der Waals surface area (Å²) in [5.74, 6) is 0.606. The van der Waals surface area contributed by atoms with Gasteiger partial charge in [-0.25, -0.2) is 0 Å². The Labute approximate surface area is 138 Å². The minimum absolute atomic E-state index is 0.0456. The number of amides is 1. The first-order valence-corrected chi connectivity index (χ1v) is 8.65. The third-order valence-corrected chi connectivity index (χ3v) is 5.05. The summed E-state index contributed by atoms with van der Waals surface area (Å²) in [4.78, 5) is 17.5. The van der Waals surface area contributed by atoms with Crippen LogP contribution in [0.3, 0.4) is 0 Å². The van der Waals surface area contributed by atoms with E-state index in [9.17, 15) is 4.79 Å². The molecular weight excluding hydrogens is 284 g/mol. The maximum absolute atomic E-state index is 12.9. The van der Waals surface area contributed by atoms with Crippen LogP contribution in [-0.4, -0.2) is 16.9 Å². The second kappa shape index (κ2) is 6.31. The number of benzene rings is 1. The van der Waals surface area contributed by atoms with E-state index in [0.29, 0.717) is 12.0 Å². The van der Waals surface area contributed by atoms with Crippen molar-refractivity contribution in [2.24, 2.45) is 5.92 Å². The quantitative estimate of drug-likeness (QED) is 0.889. The topological polar surface area (TPSA) is 42.0 Å². The molecule has 0 spiro atoms. The molecule has 0 unspecified atom stereocenters. The van der Waals surface area contributed by atoms with E-state index in [2.05, 4.69) is 43.2 Å². The van der Waals surface area contributed by atoms with Gasteiger partial charge >= 0.3 is 0 Å². The minimum Gasteiger partial charge on any atom is -0.349 e. The number of aromatic nitrogens is 1. The van der Waals surface area contributed by atoms with Crippen LogP contribution in [0.15, 0.2) is 18.2 Å². The van der Waals surface area contributed by atoms with E-state index >= 15 is 0 Å². The van der Waals surface area contributed by atoms with Crippen molar-refractivity contribution < 1.29 is 4.79 Å². The summed E-state index contributed by atoms with van der Waals surface area (Å²) in [6.45, 7) is 8.33. The van der Waals surface area contributed by atoms with Crippen LogP contribution in [0.1, 0.15) is 59.8 Å². The highest BCUT2D eigenvalue weighted by molar-refractivity contribution is 6.07. The zero-order valence-electron chi connectivity index (χ0n) is 14.6. The standard InChI is InChI=1S/C20H26N2O/c1-12-9-14(3)19-16(10-12)17(11-15(4)21-19)20(23)22-18-8-6-5-7-13(18)2/h9-11,13,18H,5-8H2,1-4H3,(H,22,23)/t13-,18+/m0/s1. The molecule has 2 aromatic rings. The molecule has 1 heterocycles. The summed E-state index contributed by atoms with van der Waals surface area (Å²) < 4.78 is 0. The molecule has 1 aliphatic carbocycles. The third kappa shape index (κ3) is 3.24. The number of carbonyl (C=O) groups excluding carboxylic acids is 1. The summed E-state index contributed by atoms with van der Waals surface area (Å²) >= 11 is 0. The van der Waals surface area contributed by atoms with Crippen LogP contribution in [0.5, 0.6) is 0 Å². The molecule has 1 N–H and O–H groups in total. The number of hydrogen-bond acceptors (Lipinski definition) is 2. The van der Waals surface area contributed by atoms with Gasteiger partial charge in [0.15, 0.2) is 0 Å². The Hall–Kier alpha value is -1.90. The molecule has 3 rings (SSSR count). The van der Waals surface area contributed by atoms with E-state index in [1.165, 1.54) is 24.8 Å². The molecule has 1 aromatic carbocycles. The Morgan fingerprint density at radius 3 is 2.61 bits per heavy atom. The molecule has 0 bridgehead atoms. The summed E-state index contributed by atoms with van der Waals surface area (Å²) in [5, 5.41) is 4.24. The van der Waals surface area contributed by atoms with E-state index in [1.54, 1.807) is 0 Å². The lowest BCUT2D eigenvalue weighted by Gasteiger charge is -2.29. The highest BCUT2D eigenvalue weighted by atomic mass is 16.1. The SMILES string of the molecule is Cc1cc(C)c2nc(C)cc(C(=O)N[C@@H]3CCCC[C@@H]3C)c2c1. The van der Waals surface area contributed by atoms with E-state index in [0.717, 1.165) is 34.1 Å². The van der Waals surface area contributed by atoms with Gasteiger partial charge in [0.25, 0.3) is 5.91 Å². The molecule has 23 heavy (non-hydrogen) atoms. The van der Waals surface area contributed by atoms with Gasteiger partial charge in [-0.05, 0) is 57.2 Å². The first-order valence-electron chi connectivity index (χ1n) is 8.65. The van der Waals surface area contributed by atoms with Gasteiger partial charge < -0.3 is 5.32 Å². The lowest BCUT2D eigenvalue weighted by atomic mass is 9.85. The summed E-state index contributed by atoms with van der Waals surface area (Å²) in [7, 11) is 0. The normalized spacial score (nSPS) is 21.4. The average molecular weight is 310 g/mol. The number of nitrogens with zero attached hydrogens (tertiary/aromatic N) is 1. The van der Waals surface area contributed by atoms with Crippen molar-refractivity contribution in [3.05, 3.63) is 40.6 Å². The fourth-order valence-corrected chi connectivity index (χ4v) is 3.77. The number of carbonyl (C=O) groups is 1. The van der Waals surface area contributed by atoms with Crippen LogP contribution >= 0.6 is 0 Å². The monoisotopic (exact) mass is 310 g/mol. The molecule has 1 aromatic heterocycles. The van der Waals surface area contributed by atoms with Crippen LogP contribution in [0.25, 0.3) is 10.9 Å². The molecule has 0 radical (unpaired) electrons. The van der Waals surface area contributed by atoms with E-state index in [4.69, 9.17) is 0 Å². The summed E-state index contributed by atoms with van der Waals surface area (Å²) in [6.07, 6.45) is 4.79. The summed E-state index contributed by atoms with van der Waals surface area (Å²) in [6, 6.07) is 6.42. The Bertz CT molecular complexity index is 751. The first-order chi connectivity index (χ1) is 11.0. The molecule has 1 aliphatic rings. The minimum atomic E-state index is 0.0456. The first kappa shape index (κ1) is 16.0. The number of aryl methyl sites for hydroxylation is 3. The molecule has 0 aliphatic heterocycles. The molecule has 3 nitrogen and oxygen atoms in total. The molecule has 0 saturated heterocycles. The fourth-order valence-electron chi connectivity index (χ4n) is 3.77. The molecule has 122 valence electrons. The van der Waals surface area contributed by atoms with Gasteiger partial charge in [0.1, 0.15) is 0 Å². The van der Waals surface area contributed by atoms with Crippen molar-refractivity contribution in [3.8, 4) is 0 Å². The van der Waals surface area contributed by atoms with Crippen molar-refractivity contribution in [1.82, 2.24) is 10.3 Å². The Balaban J connectivity index is 1.99. The van der Waals surface area contributed by atoms with Crippen molar-refractivity contribution in [2.45, 2.75) is 59.4 Å². The van der Waals surface area contributed by atoms with Crippen LogP contribution in [0, 0.1) is 26.7 Å². The van der Waals surface area contributed by atoms with Gasteiger partial charge in [0, 0.05) is 17.1 Å². The van der Waals surface area contributed by atoms with Crippen molar-refractivity contribution in [1.29, 1.82) is 0 Å². The largest absolute Gasteiger partial charge is 0.349 e. The Morgan fingerprint density at radius 2 is 1.87 bits per heavy atom. The van der Waals surface area contributed by atoms with Crippen molar-refractivity contribution >= 4 is 16.8 Å². The predicted molar refractivity (Wildman–Crippen MR) is 94.8 cm³/mol. The van der Waals surface area contributed by atoms with Crippen LogP contribution in [-0.2, 0) is 0 Å².